The normalized spacial score (nSPS) is 10.8. The molecule has 0 radical (unpaired) electrons. The fourth-order valence-electron chi connectivity index (χ4n) is 2.10. The molecule has 0 bridgehead atoms. The molecule has 0 saturated heterocycles. The number of rotatable bonds is 5. The molecular weight excluding hydrogens is 286 g/mol. The molecule has 0 fully saturated rings. The van der Waals surface area contributed by atoms with Gasteiger partial charge in [0.25, 0.3) is 0 Å². The number of oxazole rings is 1. The average molecular weight is 301 g/mol. The van der Waals surface area contributed by atoms with E-state index in [4.69, 9.17) is 4.42 Å². The lowest BCUT2D eigenvalue weighted by atomic mass is 10.1. The Bertz CT molecular complexity index is 722. The molecule has 0 unspecified atom stereocenters. The summed E-state index contributed by atoms with van der Waals surface area (Å²) in [6.45, 7) is 2.67. The van der Waals surface area contributed by atoms with E-state index < -0.39 is 0 Å². The molecule has 0 amide bonds. The topological polar surface area (TPSA) is 71.2 Å². The van der Waals surface area contributed by atoms with Crippen LogP contribution in [0.25, 0.3) is 11.3 Å². The quantitative estimate of drug-likeness (QED) is 0.757. The molecule has 1 aromatic carbocycles. The van der Waals surface area contributed by atoms with E-state index in [0.29, 0.717) is 5.76 Å². The lowest BCUT2D eigenvalue weighted by Gasteiger charge is -2.10. The van der Waals surface area contributed by atoms with Gasteiger partial charge in [0.05, 0.1) is 30.6 Å². The molecule has 2 aromatic heterocycles. The van der Waals surface area contributed by atoms with Crippen LogP contribution >= 0.6 is 11.3 Å². The first-order chi connectivity index (χ1) is 10.3. The number of hydrogen-bond donors (Lipinski definition) is 2. The number of nitrogens with one attached hydrogen (secondary N) is 1. The summed E-state index contributed by atoms with van der Waals surface area (Å²) in [6.07, 6.45) is 3.03. The van der Waals surface area contributed by atoms with Crippen molar-refractivity contribution in [3.8, 4) is 11.3 Å². The van der Waals surface area contributed by atoms with E-state index in [0.717, 1.165) is 29.1 Å². The maximum Gasteiger partial charge on any atom is 0.181 e. The molecule has 0 aliphatic heterocycles. The summed E-state index contributed by atoms with van der Waals surface area (Å²) in [5.41, 5.74) is 5.51. The van der Waals surface area contributed by atoms with E-state index in [1.165, 1.54) is 11.3 Å². The standard InChI is InChI=1S/C15H15N3O2S/c1-10-15(21-9-18-10)6-17-12-2-3-13(11(4-12)7-19)14-5-16-8-20-14/h2-5,8-9,17,19H,6-7H2,1H3. The van der Waals surface area contributed by atoms with Crippen LogP contribution in [-0.2, 0) is 13.2 Å². The third-order valence-electron chi connectivity index (χ3n) is 3.27. The summed E-state index contributed by atoms with van der Waals surface area (Å²) in [5.74, 6) is 0.656. The zero-order valence-electron chi connectivity index (χ0n) is 11.5. The Labute approximate surface area is 126 Å². The van der Waals surface area contributed by atoms with Gasteiger partial charge in [-0.05, 0) is 30.7 Å². The molecule has 6 heteroatoms. The number of aliphatic hydroxyl groups excluding tert-OH is 1. The number of aliphatic hydroxyl groups is 1. The third-order valence-corrected chi connectivity index (χ3v) is 4.21. The third kappa shape index (κ3) is 2.96. The highest BCUT2D eigenvalue weighted by atomic mass is 32.1. The predicted molar refractivity (Wildman–Crippen MR) is 82.0 cm³/mol. The van der Waals surface area contributed by atoms with Crippen molar-refractivity contribution in [1.29, 1.82) is 0 Å². The Balaban J connectivity index is 1.80. The number of benzene rings is 1. The minimum absolute atomic E-state index is 0.0505. The molecule has 0 saturated carbocycles. The van der Waals surface area contributed by atoms with Gasteiger partial charge in [-0.1, -0.05) is 0 Å². The van der Waals surface area contributed by atoms with Crippen molar-refractivity contribution in [3.05, 3.63) is 52.4 Å². The van der Waals surface area contributed by atoms with E-state index in [2.05, 4.69) is 15.3 Å². The van der Waals surface area contributed by atoms with E-state index in [1.807, 2.05) is 30.6 Å². The number of nitrogens with zero attached hydrogens (tertiary/aromatic N) is 2. The Morgan fingerprint density at radius 1 is 1.38 bits per heavy atom. The number of hydrogen-bond acceptors (Lipinski definition) is 6. The van der Waals surface area contributed by atoms with Gasteiger partial charge < -0.3 is 14.8 Å². The van der Waals surface area contributed by atoms with Gasteiger partial charge in [0.2, 0.25) is 0 Å². The maximum absolute atomic E-state index is 9.54. The van der Waals surface area contributed by atoms with Crippen molar-refractivity contribution >= 4 is 17.0 Å². The lowest BCUT2D eigenvalue weighted by Crippen LogP contribution is -2.00. The van der Waals surface area contributed by atoms with E-state index in [1.54, 1.807) is 17.5 Å². The monoisotopic (exact) mass is 301 g/mol. The van der Waals surface area contributed by atoms with Crippen LogP contribution in [0.1, 0.15) is 16.1 Å². The molecule has 108 valence electrons. The average Bonchev–Trinajstić information content (AvgIpc) is 3.16. The summed E-state index contributed by atoms with van der Waals surface area (Å²) in [4.78, 5) is 9.34. The van der Waals surface area contributed by atoms with Crippen molar-refractivity contribution in [2.75, 3.05) is 5.32 Å². The summed E-state index contributed by atoms with van der Waals surface area (Å²) in [5, 5.41) is 12.9. The van der Waals surface area contributed by atoms with E-state index in [9.17, 15) is 5.11 Å². The second kappa shape index (κ2) is 6.07. The first-order valence-electron chi connectivity index (χ1n) is 6.53. The highest BCUT2D eigenvalue weighted by Crippen LogP contribution is 2.27. The van der Waals surface area contributed by atoms with Crippen LogP contribution in [0.5, 0.6) is 0 Å². The number of thiazole rings is 1. The highest BCUT2D eigenvalue weighted by molar-refractivity contribution is 7.09. The number of aryl methyl sites for hydroxylation is 1. The second-order valence-corrected chi connectivity index (χ2v) is 5.55. The number of anilines is 1. The van der Waals surface area contributed by atoms with Gasteiger partial charge in [0, 0.05) is 16.1 Å². The smallest absolute Gasteiger partial charge is 0.181 e. The molecule has 5 nitrogen and oxygen atoms in total. The van der Waals surface area contributed by atoms with Crippen LogP contribution in [0.3, 0.4) is 0 Å². The van der Waals surface area contributed by atoms with Gasteiger partial charge in [0.15, 0.2) is 12.2 Å². The van der Waals surface area contributed by atoms with E-state index >= 15 is 0 Å². The fourth-order valence-corrected chi connectivity index (χ4v) is 2.82. The molecule has 21 heavy (non-hydrogen) atoms. The summed E-state index contributed by atoms with van der Waals surface area (Å²) >= 11 is 1.63. The molecule has 0 spiro atoms. The van der Waals surface area contributed by atoms with Crippen LogP contribution in [0.15, 0.2) is 40.7 Å². The predicted octanol–water partition coefficient (Wildman–Crippen LogP) is 3.21. The molecule has 0 atom stereocenters. The van der Waals surface area contributed by atoms with Crippen molar-refractivity contribution in [2.45, 2.75) is 20.1 Å². The molecule has 0 aliphatic rings. The summed E-state index contributed by atoms with van der Waals surface area (Å²) in [6, 6.07) is 5.82. The van der Waals surface area contributed by atoms with Crippen molar-refractivity contribution in [3.63, 3.8) is 0 Å². The van der Waals surface area contributed by atoms with Gasteiger partial charge in [-0.15, -0.1) is 11.3 Å². The van der Waals surface area contributed by atoms with Gasteiger partial charge in [-0.3, -0.25) is 0 Å². The van der Waals surface area contributed by atoms with Gasteiger partial charge in [-0.2, -0.15) is 0 Å². The van der Waals surface area contributed by atoms with Crippen LogP contribution in [0.4, 0.5) is 5.69 Å². The van der Waals surface area contributed by atoms with Gasteiger partial charge in [-0.25, -0.2) is 9.97 Å². The first kappa shape index (κ1) is 13.8. The highest BCUT2D eigenvalue weighted by Gasteiger charge is 2.09. The van der Waals surface area contributed by atoms with Crippen LogP contribution in [0.2, 0.25) is 0 Å². The molecule has 3 rings (SSSR count). The van der Waals surface area contributed by atoms with Gasteiger partial charge in [0.1, 0.15) is 0 Å². The Hall–Kier alpha value is -2.18. The molecule has 2 N–H and O–H groups in total. The second-order valence-electron chi connectivity index (χ2n) is 4.61. The van der Waals surface area contributed by atoms with E-state index in [-0.39, 0.29) is 6.61 Å². The largest absolute Gasteiger partial charge is 0.444 e. The van der Waals surface area contributed by atoms with Crippen molar-refractivity contribution in [2.24, 2.45) is 0 Å². The first-order valence-corrected chi connectivity index (χ1v) is 7.41. The minimum Gasteiger partial charge on any atom is -0.444 e. The Kier molecular flexibility index (Phi) is 3.98. The van der Waals surface area contributed by atoms with Crippen LogP contribution in [0, 0.1) is 6.92 Å². The molecule has 3 aromatic rings. The lowest BCUT2D eigenvalue weighted by molar-refractivity contribution is 0.282. The molecule has 0 aliphatic carbocycles. The van der Waals surface area contributed by atoms with Crippen LogP contribution in [-0.4, -0.2) is 15.1 Å². The summed E-state index contributed by atoms with van der Waals surface area (Å²) in [7, 11) is 0. The molecular formula is C15H15N3O2S. The number of aromatic nitrogens is 2. The molecule has 2 heterocycles. The SMILES string of the molecule is Cc1ncsc1CNc1ccc(-c2cnco2)c(CO)c1. The fraction of sp³-hybridized carbons (Fsp3) is 0.200. The maximum atomic E-state index is 9.54. The Morgan fingerprint density at radius 3 is 2.95 bits per heavy atom. The summed E-state index contributed by atoms with van der Waals surface area (Å²) < 4.78 is 5.29. The Morgan fingerprint density at radius 2 is 2.29 bits per heavy atom. The zero-order valence-corrected chi connectivity index (χ0v) is 12.4. The van der Waals surface area contributed by atoms with Crippen molar-refractivity contribution in [1.82, 2.24) is 9.97 Å². The van der Waals surface area contributed by atoms with Crippen molar-refractivity contribution < 1.29 is 9.52 Å². The van der Waals surface area contributed by atoms with Crippen LogP contribution < -0.4 is 5.32 Å². The zero-order chi connectivity index (χ0) is 14.7. The minimum atomic E-state index is -0.0505. The van der Waals surface area contributed by atoms with Gasteiger partial charge >= 0.3 is 0 Å².